The molecule has 2 amide bonds. The molecule has 0 saturated heterocycles. The summed E-state index contributed by atoms with van der Waals surface area (Å²) in [5, 5.41) is 6.45. The summed E-state index contributed by atoms with van der Waals surface area (Å²) < 4.78 is 5.61. The van der Waals surface area contributed by atoms with Crippen molar-refractivity contribution in [1.29, 1.82) is 0 Å². The second-order valence-corrected chi connectivity index (χ2v) is 7.85. The number of carbonyl (C=O) groups is 2. The molecule has 144 valence electrons. The predicted octanol–water partition coefficient (Wildman–Crippen LogP) is 2.36. The number of carbonyl (C=O) groups excluding carboxylic acids is 2. The van der Waals surface area contributed by atoms with E-state index in [-0.39, 0.29) is 17.7 Å². The van der Waals surface area contributed by atoms with E-state index in [9.17, 15) is 9.59 Å². The zero-order chi connectivity index (χ0) is 19.2. The highest BCUT2D eigenvalue weighted by Gasteiger charge is 2.29. The molecule has 1 fully saturated rings. The molecule has 0 spiro atoms. The molecule has 1 aliphatic rings. The van der Waals surface area contributed by atoms with Gasteiger partial charge in [0.2, 0.25) is 11.8 Å². The summed E-state index contributed by atoms with van der Waals surface area (Å²) in [4.78, 5) is 30.9. The normalized spacial score (nSPS) is 13.4. The predicted molar refractivity (Wildman–Crippen MR) is 105 cm³/mol. The number of likely N-dealkylation sites (N-methyl/N-ethyl adjacent to an activating group) is 1. The van der Waals surface area contributed by atoms with Crippen molar-refractivity contribution >= 4 is 28.2 Å². The standard InChI is InChI=1S/C19H24N4O3S/c1-23(2)9-10-26-16-11-13(7-8-20-16)12-21-19(25)15-5-6-17(27-15)22-18(24)14-3-4-14/h5-8,11,14H,3-4,9-10,12H2,1-2H3,(H,21,25)(H,22,24). The van der Waals surface area contributed by atoms with Crippen LogP contribution < -0.4 is 15.4 Å². The number of nitrogens with one attached hydrogen (secondary N) is 2. The molecule has 0 unspecified atom stereocenters. The van der Waals surface area contributed by atoms with E-state index in [0.29, 0.717) is 28.9 Å². The average molecular weight is 388 g/mol. The molecular weight excluding hydrogens is 364 g/mol. The molecule has 2 aromatic rings. The summed E-state index contributed by atoms with van der Waals surface area (Å²) in [5.74, 6) is 0.566. The van der Waals surface area contributed by atoms with Crippen molar-refractivity contribution in [2.75, 3.05) is 32.6 Å². The Hall–Kier alpha value is -2.45. The van der Waals surface area contributed by atoms with Crippen LogP contribution in [0.4, 0.5) is 5.00 Å². The molecule has 2 heterocycles. The first kappa shape index (κ1) is 19.3. The Labute approximate surface area is 162 Å². The maximum atomic E-state index is 12.3. The van der Waals surface area contributed by atoms with Gasteiger partial charge in [0.25, 0.3) is 5.91 Å². The lowest BCUT2D eigenvalue weighted by molar-refractivity contribution is -0.117. The molecule has 0 atom stereocenters. The molecule has 0 aliphatic heterocycles. The summed E-state index contributed by atoms with van der Waals surface area (Å²) in [5.41, 5.74) is 0.914. The first-order valence-corrected chi connectivity index (χ1v) is 9.74. The third kappa shape index (κ3) is 6.04. The Balaban J connectivity index is 1.48. The van der Waals surface area contributed by atoms with Crippen molar-refractivity contribution in [1.82, 2.24) is 15.2 Å². The van der Waals surface area contributed by atoms with Gasteiger partial charge in [0.1, 0.15) is 6.61 Å². The highest BCUT2D eigenvalue weighted by Crippen LogP contribution is 2.31. The largest absolute Gasteiger partial charge is 0.476 e. The highest BCUT2D eigenvalue weighted by molar-refractivity contribution is 7.18. The van der Waals surface area contributed by atoms with Crippen LogP contribution in [0.5, 0.6) is 5.88 Å². The Morgan fingerprint density at radius 3 is 2.85 bits per heavy atom. The molecule has 1 saturated carbocycles. The molecule has 8 heteroatoms. The minimum absolute atomic E-state index is 0.0439. The second-order valence-electron chi connectivity index (χ2n) is 6.76. The number of amides is 2. The van der Waals surface area contributed by atoms with Crippen molar-refractivity contribution in [2.45, 2.75) is 19.4 Å². The number of rotatable bonds is 9. The Bertz CT molecular complexity index is 802. The van der Waals surface area contributed by atoms with Gasteiger partial charge in [-0.3, -0.25) is 9.59 Å². The molecule has 3 rings (SSSR count). The van der Waals surface area contributed by atoms with E-state index in [4.69, 9.17) is 4.74 Å². The number of pyridine rings is 1. The summed E-state index contributed by atoms with van der Waals surface area (Å²) in [6, 6.07) is 7.16. The van der Waals surface area contributed by atoms with Gasteiger partial charge in [-0.25, -0.2) is 4.98 Å². The van der Waals surface area contributed by atoms with E-state index in [1.165, 1.54) is 11.3 Å². The van der Waals surface area contributed by atoms with Gasteiger partial charge < -0.3 is 20.3 Å². The maximum absolute atomic E-state index is 12.3. The molecule has 7 nitrogen and oxygen atoms in total. The monoisotopic (exact) mass is 388 g/mol. The number of aromatic nitrogens is 1. The van der Waals surface area contributed by atoms with Crippen LogP contribution in [0.15, 0.2) is 30.5 Å². The van der Waals surface area contributed by atoms with Crippen LogP contribution in [0.2, 0.25) is 0 Å². The first-order chi connectivity index (χ1) is 13.0. The molecule has 0 aromatic carbocycles. The SMILES string of the molecule is CN(C)CCOc1cc(CNC(=O)c2ccc(NC(=O)C3CC3)s2)ccn1. The number of thiophene rings is 1. The van der Waals surface area contributed by atoms with E-state index in [1.54, 1.807) is 18.3 Å². The molecule has 1 aliphatic carbocycles. The summed E-state index contributed by atoms with van der Waals surface area (Å²) in [6.45, 7) is 1.74. The summed E-state index contributed by atoms with van der Waals surface area (Å²) >= 11 is 1.28. The van der Waals surface area contributed by atoms with E-state index in [1.807, 2.05) is 31.1 Å². The molecule has 0 bridgehead atoms. The van der Waals surface area contributed by atoms with Gasteiger partial charge in [0.15, 0.2) is 0 Å². The minimum atomic E-state index is -0.168. The number of hydrogen-bond acceptors (Lipinski definition) is 6. The lowest BCUT2D eigenvalue weighted by Gasteiger charge is -2.11. The van der Waals surface area contributed by atoms with E-state index in [0.717, 1.165) is 24.9 Å². The highest BCUT2D eigenvalue weighted by atomic mass is 32.1. The quantitative estimate of drug-likeness (QED) is 0.689. The zero-order valence-electron chi connectivity index (χ0n) is 15.5. The Kier molecular flexibility index (Phi) is 6.41. The van der Waals surface area contributed by atoms with Crippen LogP contribution in [0.1, 0.15) is 28.1 Å². The molecule has 27 heavy (non-hydrogen) atoms. The molecule has 2 N–H and O–H groups in total. The van der Waals surface area contributed by atoms with Gasteiger partial charge in [0.05, 0.1) is 9.88 Å². The van der Waals surface area contributed by atoms with Gasteiger partial charge in [0, 0.05) is 31.3 Å². The van der Waals surface area contributed by atoms with Gasteiger partial charge in [-0.2, -0.15) is 0 Å². The van der Waals surface area contributed by atoms with E-state index >= 15 is 0 Å². The number of nitrogens with zero attached hydrogens (tertiary/aromatic N) is 2. The average Bonchev–Trinajstić information content (AvgIpc) is 3.39. The third-order valence-electron chi connectivity index (χ3n) is 4.07. The van der Waals surface area contributed by atoms with Crippen molar-refractivity contribution in [3.63, 3.8) is 0 Å². The molecule has 2 aromatic heterocycles. The molecule has 0 radical (unpaired) electrons. The Morgan fingerprint density at radius 2 is 2.11 bits per heavy atom. The minimum Gasteiger partial charge on any atom is -0.476 e. The zero-order valence-corrected chi connectivity index (χ0v) is 16.3. The lowest BCUT2D eigenvalue weighted by Crippen LogP contribution is -2.22. The van der Waals surface area contributed by atoms with Crippen LogP contribution >= 0.6 is 11.3 Å². The second kappa shape index (κ2) is 8.96. The van der Waals surface area contributed by atoms with Crippen molar-refractivity contribution < 1.29 is 14.3 Å². The first-order valence-electron chi connectivity index (χ1n) is 8.92. The number of ether oxygens (including phenoxy) is 1. The van der Waals surface area contributed by atoms with Gasteiger partial charge in [-0.15, -0.1) is 11.3 Å². The van der Waals surface area contributed by atoms with Gasteiger partial charge in [-0.1, -0.05) is 0 Å². The van der Waals surface area contributed by atoms with E-state index < -0.39 is 0 Å². The van der Waals surface area contributed by atoms with Crippen molar-refractivity contribution in [3.05, 3.63) is 40.9 Å². The van der Waals surface area contributed by atoms with Crippen LogP contribution in [-0.4, -0.2) is 48.9 Å². The summed E-state index contributed by atoms with van der Waals surface area (Å²) in [7, 11) is 3.96. The summed E-state index contributed by atoms with van der Waals surface area (Å²) in [6.07, 6.45) is 3.58. The van der Waals surface area contributed by atoms with Crippen LogP contribution in [0.3, 0.4) is 0 Å². The third-order valence-corrected chi connectivity index (χ3v) is 5.06. The number of anilines is 1. The topological polar surface area (TPSA) is 83.6 Å². The maximum Gasteiger partial charge on any atom is 0.261 e. The van der Waals surface area contributed by atoms with Crippen LogP contribution in [0, 0.1) is 5.92 Å². The van der Waals surface area contributed by atoms with Crippen LogP contribution in [0.25, 0.3) is 0 Å². The number of hydrogen-bond donors (Lipinski definition) is 2. The Morgan fingerprint density at radius 1 is 1.30 bits per heavy atom. The smallest absolute Gasteiger partial charge is 0.261 e. The van der Waals surface area contributed by atoms with Gasteiger partial charge in [-0.05, 0) is 50.7 Å². The van der Waals surface area contributed by atoms with Gasteiger partial charge >= 0.3 is 0 Å². The van der Waals surface area contributed by atoms with Crippen molar-refractivity contribution in [3.8, 4) is 5.88 Å². The van der Waals surface area contributed by atoms with Crippen LogP contribution in [-0.2, 0) is 11.3 Å². The van der Waals surface area contributed by atoms with E-state index in [2.05, 4.69) is 15.6 Å². The fourth-order valence-corrected chi connectivity index (χ4v) is 3.16. The molecular formula is C19H24N4O3S. The van der Waals surface area contributed by atoms with Crippen molar-refractivity contribution in [2.24, 2.45) is 5.92 Å². The fourth-order valence-electron chi connectivity index (χ4n) is 2.34. The lowest BCUT2D eigenvalue weighted by atomic mass is 10.2. The fraction of sp³-hybridized carbons (Fsp3) is 0.421.